The van der Waals surface area contributed by atoms with Crippen LogP contribution in [0.15, 0.2) is 12.5 Å². The van der Waals surface area contributed by atoms with Crippen LogP contribution >= 0.6 is 0 Å². The average molecular weight is 135 g/mol. The van der Waals surface area contributed by atoms with Gasteiger partial charge in [0.15, 0.2) is 0 Å². The highest BCUT2D eigenvalue weighted by Crippen LogP contribution is 1.96. The maximum absolute atomic E-state index is 3.83. The smallest absolute Gasteiger partial charge is 0.204 e. The number of fused-ring (bicyclic) bond motifs is 1. The summed E-state index contributed by atoms with van der Waals surface area (Å²) in [4.78, 5) is 7.59. The zero-order valence-electron chi connectivity index (χ0n) is 4.89. The lowest BCUT2D eigenvalue weighted by Crippen LogP contribution is -1.76. The normalized spacial score (nSPS) is 9.20. The summed E-state index contributed by atoms with van der Waals surface area (Å²) < 4.78 is 0. The van der Waals surface area contributed by atoms with Crippen molar-refractivity contribution in [1.29, 1.82) is 0 Å². The van der Waals surface area contributed by atoms with Gasteiger partial charge >= 0.3 is 0 Å². The molecule has 2 aromatic rings. The van der Waals surface area contributed by atoms with E-state index in [0.717, 1.165) is 5.52 Å². The largest absolute Gasteiger partial charge is 0.254 e. The number of hydrogen-bond donors (Lipinski definition) is 1. The third-order valence-electron chi connectivity index (χ3n) is 1.01. The Balaban J connectivity index is 0.000000500. The van der Waals surface area contributed by atoms with E-state index < -0.39 is 0 Å². The Bertz CT molecular complexity index is 284. The van der Waals surface area contributed by atoms with E-state index in [1.165, 1.54) is 6.33 Å². The second-order valence-corrected chi connectivity index (χ2v) is 1.57. The molecule has 0 amide bonds. The fourth-order valence-electron chi connectivity index (χ4n) is 0.608. The molecule has 3 radical (unpaired) electrons. The van der Waals surface area contributed by atoms with E-state index in [2.05, 4.69) is 25.4 Å². The lowest BCUT2D eigenvalue weighted by molar-refractivity contribution is 0.954. The predicted octanol–water partition coefficient (Wildman–Crippen LogP) is -0.733. The van der Waals surface area contributed by atoms with Gasteiger partial charge in [0.05, 0.1) is 6.20 Å². The first-order valence-corrected chi connectivity index (χ1v) is 2.43. The van der Waals surface area contributed by atoms with Gasteiger partial charge in [-0.15, -0.1) is 5.10 Å². The van der Waals surface area contributed by atoms with E-state index in [4.69, 9.17) is 0 Å². The highest BCUT2D eigenvalue weighted by atomic mass is 15.3. The van der Waals surface area contributed by atoms with Gasteiger partial charge in [-0.2, -0.15) is 0 Å². The second kappa shape index (κ2) is 2.36. The third-order valence-corrected chi connectivity index (χ3v) is 1.01. The monoisotopic (exact) mass is 135 g/mol. The molecule has 49 valence electrons. The molecule has 2 heterocycles. The van der Waals surface area contributed by atoms with E-state index in [9.17, 15) is 0 Å². The molecule has 0 aliphatic rings. The minimum atomic E-state index is 0. The number of rotatable bonds is 0. The van der Waals surface area contributed by atoms with Crippen molar-refractivity contribution in [3.63, 3.8) is 0 Å². The standard InChI is InChI=1S/C4H3N5.N/c1-3-4(6-2-5-1)8-9-7-3;/h1-2H,(H,5,6,7,8,9);. The summed E-state index contributed by atoms with van der Waals surface area (Å²) in [5.74, 6) is 0. The minimum absolute atomic E-state index is 0. The van der Waals surface area contributed by atoms with Crippen LogP contribution in [0.5, 0.6) is 0 Å². The molecule has 2 rings (SSSR count). The van der Waals surface area contributed by atoms with E-state index in [1.807, 2.05) is 0 Å². The van der Waals surface area contributed by atoms with Crippen LogP contribution in [-0.2, 0) is 0 Å². The molecule has 0 bridgehead atoms. The maximum atomic E-state index is 3.83. The van der Waals surface area contributed by atoms with Crippen LogP contribution in [0.25, 0.3) is 11.2 Å². The molecule has 0 fully saturated rings. The number of aromatic nitrogens is 5. The van der Waals surface area contributed by atoms with Gasteiger partial charge < -0.3 is 0 Å². The van der Waals surface area contributed by atoms with E-state index in [0.29, 0.717) is 5.65 Å². The van der Waals surface area contributed by atoms with Gasteiger partial charge in [-0.3, -0.25) is 5.10 Å². The third kappa shape index (κ3) is 0.799. The number of nitrogens with zero attached hydrogens (tertiary/aromatic N) is 5. The van der Waals surface area contributed by atoms with Crippen LogP contribution in [0.3, 0.4) is 0 Å². The first kappa shape index (κ1) is 6.56. The summed E-state index contributed by atoms with van der Waals surface area (Å²) in [6, 6.07) is 0. The Hall–Kier alpha value is -1.56. The van der Waals surface area contributed by atoms with Crippen molar-refractivity contribution >= 4 is 11.2 Å². The molecular formula is C4H3N6. The molecule has 10 heavy (non-hydrogen) atoms. The van der Waals surface area contributed by atoms with Crippen molar-refractivity contribution in [2.75, 3.05) is 0 Å². The molecular weight excluding hydrogens is 132 g/mol. The molecule has 0 spiro atoms. The predicted molar refractivity (Wildman–Crippen MR) is 31.6 cm³/mol. The Morgan fingerprint density at radius 3 is 3.10 bits per heavy atom. The number of H-pyrrole nitrogens is 1. The number of hydrogen-bond acceptors (Lipinski definition) is 4. The van der Waals surface area contributed by atoms with Crippen LogP contribution in [0, 0.1) is 0 Å². The highest BCUT2D eigenvalue weighted by Gasteiger charge is 1.92. The van der Waals surface area contributed by atoms with Gasteiger partial charge in [-0.1, -0.05) is 5.21 Å². The molecule has 0 aromatic carbocycles. The van der Waals surface area contributed by atoms with Gasteiger partial charge in [0.1, 0.15) is 11.8 Å². The SMILES string of the molecule is [N].c1ncc2[nH]nnc2n1. The van der Waals surface area contributed by atoms with Gasteiger partial charge in [0.2, 0.25) is 5.65 Å². The molecule has 2 aromatic heterocycles. The first-order chi connectivity index (χ1) is 4.47. The van der Waals surface area contributed by atoms with Crippen LogP contribution in [0.1, 0.15) is 0 Å². The Labute approximate surface area is 56.3 Å². The van der Waals surface area contributed by atoms with Crippen molar-refractivity contribution in [2.45, 2.75) is 0 Å². The van der Waals surface area contributed by atoms with Crippen molar-refractivity contribution in [3.8, 4) is 0 Å². The van der Waals surface area contributed by atoms with Crippen LogP contribution in [-0.4, -0.2) is 25.4 Å². The van der Waals surface area contributed by atoms with E-state index in [1.54, 1.807) is 6.20 Å². The molecule has 0 unspecified atom stereocenters. The van der Waals surface area contributed by atoms with Crippen molar-refractivity contribution in [2.24, 2.45) is 0 Å². The minimum Gasteiger partial charge on any atom is -0.254 e. The van der Waals surface area contributed by atoms with E-state index in [-0.39, 0.29) is 6.15 Å². The highest BCUT2D eigenvalue weighted by molar-refractivity contribution is 5.66. The van der Waals surface area contributed by atoms with Crippen LogP contribution in [0.4, 0.5) is 0 Å². The summed E-state index contributed by atoms with van der Waals surface area (Å²) >= 11 is 0. The molecule has 1 N–H and O–H groups in total. The average Bonchev–Trinajstić information content (AvgIpc) is 2.33. The summed E-state index contributed by atoms with van der Waals surface area (Å²) in [5, 5.41) is 9.82. The number of nitrogens with one attached hydrogen (secondary N) is 1. The summed E-state index contributed by atoms with van der Waals surface area (Å²) in [6.07, 6.45) is 3.06. The van der Waals surface area contributed by atoms with Crippen LogP contribution in [0.2, 0.25) is 0 Å². The summed E-state index contributed by atoms with van der Waals surface area (Å²) in [7, 11) is 0. The lowest BCUT2D eigenvalue weighted by atomic mass is 10.6. The van der Waals surface area contributed by atoms with Crippen molar-refractivity contribution in [1.82, 2.24) is 31.5 Å². The maximum Gasteiger partial charge on any atom is 0.204 e. The zero-order chi connectivity index (χ0) is 6.10. The van der Waals surface area contributed by atoms with Crippen molar-refractivity contribution in [3.05, 3.63) is 12.5 Å². The molecule has 0 aliphatic carbocycles. The molecule has 0 aliphatic heterocycles. The Kier molecular flexibility index (Phi) is 1.55. The van der Waals surface area contributed by atoms with Gasteiger partial charge in [-0.05, 0) is 0 Å². The Morgan fingerprint density at radius 2 is 2.30 bits per heavy atom. The first-order valence-electron chi connectivity index (χ1n) is 2.43. The quantitative estimate of drug-likeness (QED) is 0.514. The number of aromatic amines is 1. The molecule has 6 heteroatoms. The summed E-state index contributed by atoms with van der Waals surface area (Å²) in [6.45, 7) is 0. The van der Waals surface area contributed by atoms with E-state index >= 15 is 0 Å². The molecule has 0 saturated heterocycles. The fraction of sp³-hybridized carbons (Fsp3) is 0. The fourth-order valence-corrected chi connectivity index (χ4v) is 0.608. The zero-order valence-corrected chi connectivity index (χ0v) is 4.89. The second-order valence-electron chi connectivity index (χ2n) is 1.57. The van der Waals surface area contributed by atoms with Gasteiger partial charge in [0.25, 0.3) is 0 Å². The summed E-state index contributed by atoms with van der Waals surface area (Å²) in [5.41, 5.74) is 1.36. The molecule has 0 atom stereocenters. The van der Waals surface area contributed by atoms with Gasteiger partial charge in [-0.25, -0.2) is 9.97 Å². The van der Waals surface area contributed by atoms with Crippen molar-refractivity contribution < 1.29 is 0 Å². The molecule has 6 nitrogen and oxygen atoms in total. The molecule has 0 saturated carbocycles. The topological polar surface area (TPSA) is 97.8 Å². The van der Waals surface area contributed by atoms with Crippen LogP contribution < -0.4 is 6.15 Å². The lowest BCUT2D eigenvalue weighted by Gasteiger charge is -1.78. The Morgan fingerprint density at radius 1 is 1.40 bits per heavy atom. The van der Waals surface area contributed by atoms with Gasteiger partial charge in [0, 0.05) is 6.15 Å².